The molecular weight excluding hydrogens is 450 g/mol. The number of amides is 1. The van der Waals surface area contributed by atoms with Gasteiger partial charge in [0.25, 0.3) is 5.56 Å². The van der Waals surface area contributed by atoms with Crippen LogP contribution in [-0.2, 0) is 11.2 Å². The minimum absolute atomic E-state index is 0.0600. The highest BCUT2D eigenvalue weighted by molar-refractivity contribution is 8.00. The molecule has 0 saturated heterocycles. The van der Waals surface area contributed by atoms with Crippen molar-refractivity contribution in [2.75, 3.05) is 11.1 Å². The number of benzene rings is 3. The Kier molecular flexibility index (Phi) is 6.00. The number of rotatable bonds is 5. The molecule has 1 aromatic heterocycles. The molecule has 1 atom stereocenters. The highest BCUT2D eigenvalue weighted by Gasteiger charge is 2.27. The Hall–Kier alpha value is -3.03. The van der Waals surface area contributed by atoms with Gasteiger partial charge in [-0.25, -0.2) is 4.98 Å². The summed E-state index contributed by atoms with van der Waals surface area (Å²) in [6.45, 7) is 4.12. The Bertz CT molecular complexity index is 1410. The van der Waals surface area contributed by atoms with E-state index in [2.05, 4.69) is 12.2 Å². The number of hydrogen-bond acceptors (Lipinski definition) is 5. The number of hydrogen-bond donors (Lipinski definition) is 1. The van der Waals surface area contributed by atoms with E-state index in [9.17, 15) is 9.59 Å². The molecule has 5 rings (SSSR count). The van der Waals surface area contributed by atoms with Crippen LogP contribution in [0, 0.1) is 6.92 Å². The molecule has 0 bridgehead atoms. The molecule has 0 saturated carbocycles. The largest absolute Gasteiger partial charge is 0.325 e. The van der Waals surface area contributed by atoms with Crippen LogP contribution >= 0.6 is 23.5 Å². The van der Waals surface area contributed by atoms with E-state index in [1.165, 1.54) is 11.8 Å². The maximum Gasteiger partial charge on any atom is 0.272 e. The molecule has 5 nitrogen and oxygen atoms in total. The first-order chi connectivity index (χ1) is 16.0. The van der Waals surface area contributed by atoms with Gasteiger partial charge >= 0.3 is 0 Å². The van der Waals surface area contributed by atoms with Gasteiger partial charge in [0.15, 0.2) is 5.16 Å². The molecule has 166 valence electrons. The van der Waals surface area contributed by atoms with Crippen LogP contribution in [0.1, 0.15) is 18.2 Å². The molecule has 1 N–H and O–H groups in total. The Morgan fingerprint density at radius 3 is 2.70 bits per heavy atom. The third kappa shape index (κ3) is 4.43. The second kappa shape index (κ2) is 9.08. The second-order valence-corrected chi connectivity index (χ2v) is 10.5. The van der Waals surface area contributed by atoms with Crippen molar-refractivity contribution in [2.45, 2.75) is 35.6 Å². The fourth-order valence-corrected chi connectivity index (χ4v) is 5.89. The van der Waals surface area contributed by atoms with E-state index in [1.54, 1.807) is 16.3 Å². The first kappa shape index (κ1) is 21.8. The van der Waals surface area contributed by atoms with Crippen molar-refractivity contribution < 1.29 is 4.79 Å². The molecule has 1 aliphatic heterocycles. The molecule has 0 spiro atoms. The number of aromatic nitrogens is 2. The molecule has 1 unspecified atom stereocenters. The van der Waals surface area contributed by atoms with Crippen molar-refractivity contribution in [1.29, 1.82) is 0 Å². The van der Waals surface area contributed by atoms with E-state index < -0.39 is 0 Å². The number of thioether (sulfide) groups is 2. The van der Waals surface area contributed by atoms with Gasteiger partial charge in [-0.3, -0.25) is 14.2 Å². The average molecular weight is 474 g/mol. The fourth-order valence-electron chi connectivity index (χ4n) is 3.97. The smallest absolute Gasteiger partial charge is 0.272 e. The van der Waals surface area contributed by atoms with E-state index in [0.717, 1.165) is 39.8 Å². The molecule has 1 amide bonds. The highest BCUT2D eigenvalue weighted by atomic mass is 32.2. The molecular formula is C26H23N3O2S2. The lowest BCUT2D eigenvalue weighted by atomic mass is 10.1. The molecule has 2 heterocycles. The van der Waals surface area contributed by atoms with Gasteiger partial charge in [-0.1, -0.05) is 72.8 Å². The number of anilines is 1. The van der Waals surface area contributed by atoms with Gasteiger partial charge in [-0.15, -0.1) is 11.8 Å². The summed E-state index contributed by atoms with van der Waals surface area (Å²) >= 11 is 2.87. The number of carbonyl (C=O) groups excluding carboxylic acids is 1. The van der Waals surface area contributed by atoms with Crippen LogP contribution in [0.3, 0.4) is 0 Å². The fraction of sp³-hybridized carbons (Fsp3) is 0.192. The van der Waals surface area contributed by atoms with Gasteiger partial charge in [-0.2, -0.15) is 0 Å². The van der Waals surface area contributed by atoms with Crippen LogP contribution in [0.15, 0.2) is 81.6 Å². The standard InChI is InChI=1S/C26H23N3O2S2/c1-16-10-12-19(13-11-16)29-25(31)24-22(14-17(2)33-24)28-26(29)32-15-23(30)27-21-9-5-7-18-6-3-4-8-20(18)21/h3-13,17H,14-15H2,1-2H3,(H,27,30). The molecule has 0 fully saturated rings. The van der Waals surface area contributed by atoms with Crippen molar-refractivity contribution in [3.05, 3.63) is 88.3 Å². The van der Waals surface area contributed by atoms with E-state index in [1.807, 2.05) is 73.7 Å². The molecule has 1 aliphatic rings. The van der Waals surface area contributed by atoms with Crippen molar-refractivity contribution in [1.82, 2.24) is 9.55 Å². The third-order valence-electron chi connectivity index (χ3n) is 5.57. The summed E-state index contributed by atoms with van der Waals surface area (Å²) in [7, 11) is 0. The summed E-state index contributed by atoms with van der Waals surface area (Å²) in [5.74, 6) is 0.0209. The molecule has 0 radical (unpaired) electrons. The minimum Gasteiger partial charge on any atom is -0.325 e. The number of fused-ring (bicyclic) bond motifs is 2. The Labute approximate surface area is 200 Å². The van der Waals surface area contributed by atoms with Crippen LogP contribution < -0.4 is 10.9 Å². The summed E-state index contributed by atoms with van der Waals surface area (Å²) in [5.41, 5.74) is 3.43. The zero-order chi connectivity index (χ0) is 22.9. The Morgan fingerprint density at radius 1 is 1.12 bits per heavy atom. The van der Waals surface area contributed by atoms with Gasteiger partial charge in [0.05, 0.1) is 22.0 Å². The summed E-state index contributed by atoms with van der Waals surface area (Å²) in [5, 5.41) is 5.95. The lowest BCUT2D eigenvalue weighted by Crippen LogP contribution is -2.24. The topological polar surface area (TPSA) is 64.0 Å². The van der Waals surface area contributed by atoms with Gasteiger partial charge < -0.3 is 5.32 Å². The van der Waals surface area contributed by atoms with E-state index in [0.29, 0.717) is 15.3 Å². The normalized spacial score (nSPS) is 14.9. The SMILES string of the molecule is Cc1ccc(-n2c(SCC(=O)Nc3cccc4ccccc34)nc3c(c2=O)SC(C)C3)cc1. The van der Waals surface area contributed by atoms with E-state index >= 15 is 0 Å². The summed E-state index contributed by atoms with van der Waals surface area (Å²) in [4.78, 5) is 31.8. The highest BCUT2D eigenvalue weighted by Crippen LogP contribution is 2.35. The monoisotopic (exact) mass is 473 g/mol. The first-order valence-electron chi connectivity index (χ1n) is 10.8. The van der Waals surface area contributed by atoms with Crippen LogP contribution in [-0.4, -0.2) is 26.5 Å². The van der Waals surface area contributed by atoms with Crippen molar-refractivity contribution >= 4 is 45.9 Å². The van der Waals surface area contributed by atoms with Crippen LogP contribution in [0.5, 0.6) is 0 Å². The van der Waals surface area contributed by atoms with Crippen LogP contribution in [0.4, 0.5) is 5.69 Å². The van der Waals surface area contributed by atoms with E-state index in [-0.39, 0.29) is 17.2 Å². The van der Waals surface area contributed by atoms with Gasteiger partial charge in [0, 0.05) is 22.7 Å². The predicted octanol–water partition coefficient (Wildman–Crippen LogP) is 5.46. The maximum atomic E-state index is 13.4. The van der Waals surface area contributed by atoms with Gasteiger partial charge in [0.1, 0.15) is 0 Å². The lowest BCUT2D eigenvalue weighted by Gasteiger charge is -2.14. The van der Waals surface area contributed by atoms with Crippen molar-refractivity contribution in [2.24, 2.45) is 0 Å². The Balaban J connectivity index is 1.43. The third-order valence-corrected chi connectivity index (χ3v) is 7.72. The summed E-state index contributed by atoms with van der Waals surface area (Å²) in [6, 6.07) is 21.6. The average Bonchev–Trinajstić information content (AvgIpc) is 3.19. The minimum atomic E-state index is -0.135. The number of carbonyl (C=O) groups is 1. The first-order valence-corrected chi connectivity index (χ1v) is 12.7. The Morgan fingerprint density at radius 2 is 1.88 bits per heavy atom. The predicted molar refractivity (Wildman–Crippen MR) is 137 cm³/mol. The van der Waals surface area contributed by atoms with Crippen LogP contribution in [0.2, 0.25) is 0 Å². The number of aryl methyl sites for hydroxylation is 1. The quantitative estimate of drug-likeness (QED) is 0.308. The van der Waals surface area contributed by atoms with E-state index in [4.69, 9.17) is 4.98 Å². The van der Waals surface area contributed by atoms with Crippen molar-refractivity contribution in [3.8, 4) is 5.69 Å². The molecule has 3 aromatic carbocycles. The molecule has 33 heavy (non-hydrogen) atoms. The zero-order valence-corrected chi connectivity index (χ0v) is 20.0. The second-order valence-electron chi connectivity index (χ2n) is 8.14. The van der Waals surface area contributed by atoms with Crippen molar-refractivity contribution in [3.63, 3.8) is 0 Å². The molecule has 7 heteroatoms. The summed E-state index contributed by atoms with van der Waals surface area (Å²) in [6.07, 6.45) is 0.764. The lowest BCUT2D eigenvalue weighted by molar-refractivity contribution is -0.113. The summed E-state index contributed by atoms with van der Waals surface area (Å²) < 4.78 is 1.64. The number of nitrogens with one attached hydrogen (secondary N) is 1. The number of nitrogens with zero attached hydrogens (tertiary/aromatic N) is 2. The van der Waals surface area contributed by atoms with Crippen LogP contribution in [0.25, 0.3) is 16.5 Å². The van der Waals surface area contributed by atoms with Gasteiger partial charge in [0.2, 0.25) is 5.91 Å². The molecule has 0 aliphatic carbocycles. The zero-order valence-electron chi connectivity index (χ0n) is 18.4. The molecule has 4 aromatic rings. The van der Waals surface area contributed by atoms with Gasteiger partial charge in [-0.05, 0) is 30.5 Å². The maximum absolute atomic E-state index is 13.4.